The third-order valence-electron chi connectivity index (χ3n) is 15.9. The molecular weight excluding hydrogens is 947 g/mol. The van der Waals surface area contributed by atoms with Gasteiger partial charge in [0.2, 0.25) is 5.91 Å². The van der Waals surface area contributed by atoms with E-state index in [0.717, 1.165) is 57.8 Å². The lowest BCUT2D eigenvalue weighted by atomic mass is 10.0. The molecule has 77 heavy (non-hydrogen) atoms. The molecule has 2 atom stereocenters. The van der Waals surface area contributed by atoms with Gasteiger partial charge in [0.25, 0.3) is 0 Å². The largest absolute Gasteiger partial charge is 0.465 e. The highest BCUT2D eigenvalue weighted by atomic mass is 16.5. The van der Waals surface area contributed by atoms with Crippen LogP contribution in [0.15, 0.2) is 48.6 Å². The number of unbranched alkanes of at least 4 members (excludes halogenated alkanes) is 45. The topological polar surface area (TPSA) is 95.9 Å². The molecule has 0 fully saturated rings. The predicted molar refractivity (Wildman–Crippen MR) is 338 cm³/mol. The average molecular weight is 1080 g/mol. The molecule has 452 valence electrons. The second-order valence-corrected chi connectivity index (χ2v) is 23.5. The first-order chi connectivity index (χ1) is 38.0. The lowest BCUT2D eigenvalue weighted by Crippen LogP contribution is -2.45. The van der Waals surface area contributed by atoms with Crippen LogP contribution in [0.3, 0.4) is 0 Å². The van der Waals surface area contributed by atoms with E-state index in [1.54, 1.807) is 0 Å². The second kappa shape index (κ2) is 66.3. The van der Waals surface area contributed by atoms with Gasteiger partial charge in [0, 0.05) is 12.8 Å². The van der Waals surface area contributed by atoms with E-state index in [9.17, 15) is 19.8 Å². The summed E-state index contributed by atoms with van der Waals surface area (Å²) in [5.74, 6) is -0.0755. The zero-order chi connectivity index (χ0) is 55.7. The maximum Gasteiger partial charge on any atom is 0.305 e. The van der Waals surface area contributed by atoms with E-state index in [1.165, 1.54) is 276 Å². The Morgan fingerprint density at radius 1 is 0.364 bits per heavy atom. The Morgan fingerprint density at radius 2 is 0.649 bits per heavy atom. The first kappa shape index (κ1) is 74.8. The van der Waals surface area contributed by atoms with Gasteiger partial charge in [-0.1, -0.05) is 326 Å². The van der Waals surface area contributed by atoms with Crippen LogP contribution >= 0.6 is 0 Å². The number of rotatable bonds is 64. The third kappa shape index (κ3) is 62.9. The summed E-state index contributed by atoms with van der Waals surface area (Å²) in [6.07, 6.45) is 85.8. The molecule has 6 nitrogen and oxygen atoms in total. The van der Waals surface area contributed by atoms with Crippen molar-refractivity contribution in [3.63, 3.8) is 0 Å². The van der Waals surface area contributed by atoms with Crippen molar-refractivity contribution in [1.82, 2.24) is 5.32 Å². The Labute approximate surface area is 480 Å². The molecule has 0 aromatic carbocycles. The number of nitrogens with one attached hydrogen (secondary N) is 1. The highest BCUT2D eigenvalue weighted by molar-refractivity contribution is 5.76. The van der Waals surface area contributed by atoms with Gasteiger partial charge >= 0.3 is 5.97 Å². The summed E-state index contributed by atoms with van der Waals surface area (Å²) in [6, 6.07) is -0.547. The Morgan fingerprint density at radius 3 is 1.01 bits per heavy atom. The average Bonchev–Trinajstić information content (AvgIpc) is 3.43. The number of hydrogen-bond acceptors (Lipinski definition) is 5. The van der Waals surface area contributed by atoms with Crippen molar-refractivity contribution in [2.75, 3.05) is 13.2 Å². The number of carbonyl (C=O) groups excluding carboxylic acids is 2. The summed E-state index contributed by atoms with van der Waals surface area (Å²) in [5, 5.41) is 23.4. The molecule has 0 heterocycles. The Bertz CT molecular complexity index is 1290. The molecule has 0 radical (unpaired) electrons. The van der Waals surface area contributed by atoms with Crippen LogP contribution in [0.25, 0.3) is 0 Å². The zero-order valence-corrected chi connectivity index (χ0v) is 51.7. The van der Waals surface area contributed by atoms with Crippen LogP contribution in [-0.2, 0) is 14.3 Å². The van der Waals surface area contributed by atoms with Gasteiger partial charge in [-0.3, -0.25) is 9.59 Å². The van der Waals surface area contributed by atoms with Gasteiger partial charge in [-0.15, -0.1) is 0 Å². The first-order valence-electron chi connectivity index (χ1n) is 34.4. The summed E-state index contributed by atoms with van der Waals surface area (Å²) in [6.45, 7) is 4.84. The van der Waals surface area contributed by atoms with Crippen molar-refractivity contribution in [3.05, 3.63) is 48.6 Å². The van der Waals surface area contributed by atoms with Crippen LogP contribution in [0.4, 0.5) is 0 Å². The minimum atomic E-state index is -0.670. The van der Waals surface area contributed by atoms with Gasteiger partial charge in [0.1, 0.15) is 0 Å². The number of aliphatic hydroxyl groups is 2. The fourth-order valence-corrected chi connectivity index (χ4v) is 10.6. The smallest absolute Gasteiger partial charge is 0.305 e. The lowest BCUT2D eigenvalue weighted by Gasteiger charge is -2.22. The van der Waals surface area contributed by atoms with Crippen molar-refractivity contribution in [2.24, 2.45) is 0 Å². The molecule has 0 aliphatic rings. The van der Waals surface area contributed by atoms with Gasteiger partial charge < -0.3 is 20.3 Å². The third-order valence-corrected chi connectivity index (χ3v) is 15.9. The number of hydrogen-bond donors (Lipinski definition) is 3. The van der Waals surface area contributed by atoms with Gasteiger partial charge in [0.15, 0.2) is 0 Å². The van der Waals surface area contributed by atoms with E-state index < -0.39 is 12.1 Å². The van der Waals surface area contributed by atoms with Crippen molar-refractivity contribution >= 4 is 11.9 Å². The lowest BCUT2D eigenvalue weighted by molar-refractivity contribution is -0.143. The van der Waals surface area contributed by atoms with Crippen LogP contribution in [-0.4, -0.2) is 47.4 Å². The van der Waals surface area contributed by atoms with Crippen LogP contribution in [0.5, 0.6) is 0 Å². The van der Waals surface area contributed by atoms with Crippen molar-refractivity contribution in [2.45, 2.75) is 379 Å². The summed E-state index contributed by atoms with van der Waals surface area (Å²) in [4.78, 5) is 24.6. The van der Waals surface area contributed by atoms with E-state index in [-0.39, 0.29) is 18.5 Å². The molecule has 0 aromatic heterocycles. The van der Waals surface area contributed by atoms with Gasteiger partial charge in [-0.2, -0.15) is 0 Å². The van der Waals surface area contributed by atoms with E-state index in [4.69, 9.17) is 4.74 Å². The molecule has 0 spiro atoms. The number of esters is 1. The van der Waals surface area contributed by atoms with Crippen molar-refractivity contribution < 1.29 is 24.5 Å². The summed E-state index contributed by atoms with van der Waals surface area (Å²) < 4.78 is 5.44. The Hall–Kier alpha value is -2.18. The molecular formula is C71H133NO5. The quantitative estimate of drug-likeness (QED) is 0.0320. The first-order valence-corrected chi connectivity index (χ1v) is 34.4. The Kier molecular flexibility index (Phi) is 64.5. The highest BCUT2D eigenvalue weighted by Gasteiger charge is 2.20. The number of allylic oxidation sites excluding steroid dienone is 7. The number of amides is 1. The maximum absolute atomic E-state index is 12.5. The van der Waals surface area contributed by atoms with Crippen molar-refractivity contribution in [3.8, 4) is 0 Å². The fourth-order valence-electron chi connectivity index (χ4n) is 10.6. The SMILES string of the molecule is CCCCC/C=C\C/C=C\CCCCCCCCCCCC(=O)OCC/C=C\C/C=C\CCCCCCCCCCCCCCCCC(=O)NC(CO)C(O)CCCCCCCCCCCCCCCCCCCCCC. The molecule has 0 aliphatic heterocycles. The molecule has 2 unspecified atom stereocenters. The van der Waals surface area contributed by atoms with Gasteiger partial charge in [-0.05, 0) is 77.0 Å². The minimum Gasteiger partial charge on any atom is -0.465 e. The fraction of sp³-hybridized carbons (Fsp3) is 0.859. The van der Waals surface area contributed by atoms with Gasteiger partial charge in [0.05, 0.1) is 25.4 Å². The van der Waals surface area contributed by atoms with E-state index >= 15 is 0 Å². The summed E-state index contributed by atoms with van der Waals surface area (Å²) >= 11 is 0. The summed E-state index contributed by atoms with van der Waals surface area (Å²) in [5.41, 5.74) is 0. The normalized spacial score (nSPS) is 12.8. The molecule has 6 heteroatoms. The van der Waals surface area contributed by atoms with Crippen LogP contribution in [0.1, 0.15) is 367 Å². The summed E-state index contributed by atoms with van der Waals surface area (Å²) in [7, 11) is 0. The molecule has 0 bridgehead atoms. The predicted octanol–water partition coefficient (Wildman–Crippen LogP) is 22.1. The standard InChI is InChI=1S/C71H133NO5/c1-3-5-7-9-11-13-15-17-19-21-23-28-31-35-39-43-47-51-55-59-63-69(74)68(67-73)72-70(75)64-60-56-52-48-44-40-36-32-29-25-24-26-30-34-38-42-46-50-54-58-62-66-77-71(76)65-61-57-53-49-45-41-37-33-27-22-20-18-16-14-12-10-8-6-4-2/h12,14,18,20,42,46,54,58,68-69,73-74H,3-11,13,15-17,19,21-41,43-45,47-53,55-57,59-67H2,1-2H3,(H,72,75)/b14-12-,20-18-,46-42-,58-54-. The van der Waals surface area contributed by atoms with E-state index in [2.05, 4.69) is 67.8 Å². The Balaban J connectivity index is 3.45. The number of carbonyl (C=O) groups is 2. The molecule has 0 rings (SSSR count). The highest BCUT2D eigenvalue weighted by Crippen LogP contribution is 2.18. The number of ether oxygens (including phenoxy) is 1. The molecule has 0 aromatic rings. The van der Waals surface area contributed by atoms with E-state index in [0.29, 0.717) is 25.9 Å². The number of aliphatic hydroxyl groups excluding tert-OH is 2. The monoisotopic (exact) mass is 1080 g/mol. The van der Waals surface area contributed by atoms with Crippen LogP contribution in [0.2, 0.25) is 0 Å². The minimum absolute atomic E-state index is 0.0369. The molecule has 0 saturated carbocycles. The second-order valence-electron chi connectivity index (χ2n) is 23.5. The molecule has 0 saturated heterocycles. The van der Waals surface area contributed by atoms with Crippen molar-refractivity contribution in [1.29, 1.82) is 0 Å². The van der Waals surface area contributed by atoms with Gasteiger partial charge in [-0.25, -0.2) is 0 Å². The molecule has 3 N–H and O–H groups in total. The van der Waals surface area contributed by atoms with E-state index in [1.807, 2.05) is 0 Å². The molecule has 0 aliphatic carbocycles. The zero-order valence-electron chi connectivity index (χ0n) is 51.7. The molecule has 1 amide bonds. The maximum atomic E-state index is 12.5. The van der Waals surface area contributed by atoms with Crippen LogP contribution < -0.4 is 5.32 Å². The van der Waals surface area contributed by atoms with Crippen LogP contribution in [0, 0.1) is 0 Å².